The first-order valence-electron chi connectivity index (χ1n) is 10.0. The Kier molecular flexibility index (Phi) is 7.65. The van der Waals surface area contributed by atoms with Crippen LogP contribution in [0, 0.1) is 6.92 Å². The Bertz CT molecular complexity index is 944. The zero-order valence-electron chi connectivity index (χ0n) is 17.4. The number of aromatic nitrogens is 2. The fourth-order valence-electron chi connectivity index (χ4n) is 2.97. The second-order valence-corrected chi connectivity index (χ2v) is 6.84. The molecule has 8 nitrogen and oxygen atoms in total. The number of hydrogen-bond donors (Lipinski definition) is 3. The molecule has 3 aromatic rings. The molecular weight excluding hydrogens is 380 g/mol. The molecule has 8 heteroatoms. The topological polar surface area (TPSA) is 96.5 Å². The highest BCUT2D eigenvalue weighted by molar-refractivity contribution is 5.92. The molecule has 0 spiro atoms. The lowest BCUT2D eigenvalue weighted by atomic mass is 10.1. The highest BCUT2D eigenvalue weighted by atomic mass is 16.3. The van der Waals surface area contributed by atoms with Crippen molar-refractivity contribution in [3.8, 4) is 5.69 Å². The van der Waals surface area contributed by atoms with Crippen LogP contribution in [0.2, 0.25) is 0 Å². The zero-order chi connectivity index (χ0) is 21.2. The summed E-state index contributed by atoms with van der Waals surface area (Å²) in [5.74, 6) is 0.938. The second kappa shape index (κ2) is 10.8. The summed E-state index contributed by atoms with van der Waals surface area (Å²) in [4.78, 5) is 16.2. The minimum absolute atomic E-state index is 0.182. The van der Waals surface area contributed by atoms with Crippen molar-refractivity contribution in [1.82, 2.24) is 25.7 Å². The maximum absolute atomic E-state index is 12.0. The molecule has 3 rings (SSSR count). The Hall–Kier alpha value is -3.55. The highest BCUT2D eigenvalue weighted by Gasteiger charge is 2.11. The van der Waals surface area contributed by atoms with E-state index in [0.717, 1.165) is 36.6 Å². The summed E-state index contributed by atoms with van der Waals surface area (Å²) < 4.78 is 7.02. The fourth-order valence-corrected chi connectivity index (χ4v) is 2.97. The molecule has 0 bridgehead atoms. The van der Waals surface area contributed by atoms with E-state index in [2.05, 4.69) is 50.3 Å². The number of nitrogens with one attached hydrogen (secondary N) is 3. The maximum Gasteiger partial charge on any atom is 0.287 e. The number of aliphatic imine (C=N–C) groups is 1. The van der Waals surface area contributed by atoms with Gasteiger partial charge < -0.3 is 20.4 Å². The van der Waals surface area contributed by atoms with Crippen molar-refractivity contribution < 1.29 is 9.21 Å². The third-order valence-electron chi connectivity index (χ3n) is 4.63. The summed E-state index contributed by atoms with van der Waals surface area (Å²) in [5.41, 5.74) is 3.12. The molecule has 1 amide bonds. The number of guanidine groups is 1. The van der Waals surface area contributed by atoms with Gasteiger partial charge >= 0.3 is 0 Å². The molecule has 3 N–H and O–H groups in total. The predicted octanol–water partition coefficient (Wildman–Crippen LogP) is 2.30. The van der Waals surface area contributed by atoms with Gasteiger partial charge in [-0.05, 0) is 49.6 Å². The van der Waals surface area contributed by atoms with Gasteiger partial charge in [-0.25, -0.2) is 4.68 Å². The quantitative estimate of drug-likeness (QED) is 0.287. The average Bonchev–Trinajstić information content (AvgIpc) is 3.44. The van der Waals surface area contributed by atoms with Gasteiger partial charge in [-0.2, -0.15) is 5.10 Å². The van der Waals surface area contributed by atoms with Crippen molar-refractivity contribution in [2.24, 2.45) is 4.99 Å². The summed E-state index contributed by atoms with van der Waals surface area (Å²) in [5, 5.41) is 13.7. The van der Waals surface area contributed by atoms with Gasteiger partial charge in [0, 0.05) is 44.6 Å². The molecule has 30 heavy (non-hydrogen) atoms. The molecule has 0 atom stereocenters. The second-order valence-electron chi connectivity index (χ2n) is 6.84. The Morgan fingerprint density at radius 3 is 2.53 bits per heavy atom. The van der Waals surface area contributed by atoms with Gasteiger partial charge in [-0.1, -0.05) is 12.1 Å². The third-order valence-corrected chi connectivity index (χ3v) is 4.63. The van der Waals surface area contributed by atoms with E-state index in [1.807, 2.05) is 23.9 Å². The van der Waals surface area contributed by atoms with E-state index in [-0.39, 0.29) is 5.91 Å². The maximum atomic E-state index is 12.0. The Morgan fingerprint density at radius 2 is 1.87 bits per heavy atom. The van der Waals surface area contributed by atoms with Crippen LogP contribution in [-0.4, -0.2) is 48.3 Å². The molecule has 0 aliphatic heterocycles. The Morgan fingerprint density at radius 1 is 1.10 bits per heavy atom. The normalized spacial score (nSPS) is 11.3. The van der Waals surface area contributed by atoms with Crippen molar-refractivity contribution in [2.45, 2.75) is 19.8 Å². The van der Waals surface area contributed by atoms with Crippen LogP contribution < -0.4 is 16.0 Å². The third kappa shape index (κ3) is 5.97. The minimum atomic E-state index is -0.182. The Balaban J connectivity index is 1.31. The van der Waals surface area contributed by atoms with Gasteiger partial charge in [-0.3, -0.25) is 9.79 Å². The molecule has 0 saturated carbocycles. The number of rotatable bonds is 9. The molecule has 0 radical (unpaired) electrons. The summed E-state index contributed by atoms with van der Waals surface area (Å²) in [6, 6.07) is 12.0. The van der Waals surface area contributed by atoms with Gasteiger partial charge in [0.1, 0.15) is 0 Å². The fraction of sp³-hybridized carbons (Fsp3) is 0.318. The number of hydrogen-bond acceptors (Lipinski definition) is 4. The molecular formula is C22H28N6O2. The lowest BCUT2D eigenvalue weighted by Crippen LogP contribution is -2.39. The monoisotopic (exact) mass is 408 g/mol. The van der Waals surface area contributed by atoms with Crippen molar-refractivity contribution in [3.05, 3.63) is 71.9 Å². The van der Waals surface area contributed by atoms with E-state index in [1.165, 1.54) is 11.8 Å². The molecule has 0 fully saturated rings. The highest BCUT2D eigenvalue weighted by Crippen LogP contribution is 2.09. The van der Waals surface area contributed by atoms with E-state index in [9.17, 15) is 4.79 Å². The summed E-state index contributed by atoms with van der Waals surface area (Å²) >= 11 is 0. The lowest BCUT2D eigenvalue weighted by Gasteiger charge is -2.12. The number of amides is 1. The first-order valence-corrected chi connectivity index (χ1v) is 10.0. The van der Waals surface area contributed by atoms with E-state index >= 15 is 0 Å². The summed E-state index contributed by atoms with van der Waals surface area (Å²) in [7, 11) is 1.75. The van der Waals surface area contributed by atoms with Crippen LogP contribution in [0.5, 0.6) is 0 Å². The van der Waals surface area contributed by atoms with Crippen LogP contribution in [0.3, 0.4) is 0 Å². The van der Waals surface area contributed by atoms with Crippen LogP contribution in [0.4, 0.5) is 0 Å². The molecule has 0 aliphatic carbocycles. The zero-order valence-corrected chi connectivity index (χ0v) is 17.4. The van der Waals surface area contributed by atoms with E-state index < -0.39 is 0 Å². The summed E-state index contributed by atoms with van der Waals surface area (Å²) in [6.07, 6.45) is 6.88. The van der Waals surface area contributed by atoms with E-state index in [1.54, 1.807) is 19.3 Å². The van der Waals surface area contributed by atoms with Crippen LogP contribution in [0.25, 0.3) is 5.69 Å². The predicted molar refractivity (Wildman–Crippen MR) is 117 cm³/mol. The first kappa shape index (κ1) is 21.2. The van der Waals surface area contributed by atoms with Gasteiger partial charge in [0.05, 0.1) is 12.0 Å². The molecule has 0 unspecified atom stereocenters. The SMILES string of the molecule is CN=C(NCCCNC(=O)c1occc1C)NCCc1ccc(-n2cccn2)cc1. The molecule has 2 heterocycles. The smallest absolute Gasteiger partial charge is 0.287 e. The van der Waals surface area contributed by atoms with Gasteiger partial charge in [0.2, 0.25) is 0 Å². The number of nitrogens with zero attached hydrogens (tertiary/aromatic N) is 3. The van der Waals surface area contributed by atoms with Crippen LogP contribution in [0.1, 0.15) is 28.1 Å². The van der Waals surface area contributed by atoms with Gasteiger partial charge in [0.25, 0.3) is 5.91 Å². The number of carbonyl (C=O) groups is 1. The molecule has 158 valence electrons. The Labute approximate surface area is 176 Å². The van der Waals surface area contributed by atoms with Crippen molar-refractivity contribution in [1.29, 1.82) is 0 Å². The van der Waals surface area contributed by atoms with E-state index in [0.29, 0.717) is 18.8 Å². The molecule has 2 aromatic heterocycles. The number of aryl methyl sites for hydroxylation is 1. The number of benzene rings is 1. The van der Waals surface area contributed by atoms with Crippen molar-refractivity contribution in [3.63, 3.8) is 0 Å². The van der Waals surface area contributed by atoms with Crippen molar-refractivity contribution >= 4 is 11.9 Å². The standard InChI is InChI=1S/C22H28N6O2/c1-17-10-16-30-20(17)21(29)24-11-3-12-25-22(23-2)26-14-9-18-5-7-19(8-6-18)28-15-4-13-27-28/h4-8,10,13,15-16H,3,9,11-12,14H2,1-2H3,(H,24,29)(H2,23,25,26). The molecule has 1 aromatic carbocycles. The van der Waals surface area contributed by atoms with Gasteiger partial charge in [-0.15, -0.1) is 0 Å². The van der Waals surface area contributed by atoms with Crippen LogP contribution in [0.15, 0.2) is 64.5 Å². The lowest BCUT2D eigenvalue weighted by molar-refractivity contribution is 0.0925. The average molecular weight is 409 g/mol. The van der Waals surface area contributed by atoms with Gasteiger partial charge in [0.15, 0.2) is 11.7 Å². The van der Waals surface area contributed by atoms with Crippen molar-refractivity contribution in [2.75, 3.05) is 26.7 Å². The minimum Gasteiger partial charge on any atom is -0.459 e. The van der Waals surface area contributed by atoms with Crippen LogP contribution in [-0.2, 0) is 6.42 Å². The number of carbonyl (C=O) groups excluding carboxylic acids is 1. The van der Waals surface area contributed by atoms with E-state index in [4.69, 9.17) is 4.42 Å². The molecule has 0 aliphatic rings. The number of furan rings is 1. The largest absolute Gasteiger partial charge is 0.459 e. The molecule has 0 saturated heterocycles. The van der Waals surface area contributed by atoms with Crippen LogP contribution >= 0.6 is 0 Å². The first-order chi connectivity index (χ1) is 14.7. The summed E-state index contributed by atoms with van der Waals surface area (Å²) in [6.45, 7) is 3.89.